The highest BCUT2D eigenvalue weighted by Gasteiger charge is 2.56. The fraction of sp³-hybridized carbons (Fsp3) is 0.792. The molecule has 1 unspecified atom stereocenters. The van der Waals surface area contributed by atoms with E-state index in [0.717, 1.165) is 64.2 Å². The molecule has 7 nitrogen and oxygen atoms in total. The number of hydrogen-bond donors (Lipinski definition) is 5. The summed E-state index contributed by atoms with van der Waals surface area (Å²) in [5.41, 5.74) is 0. The molecule has 1 saturated heterocycles. The SMILES string of the molecule is [2H]CCCCCC=CCC=CCCCCCCCC(=O)C1(O)O[C@H](CO)[C@@H](O)[C@H](O)[C@H]1O. The second-order valence-electron chi connectivity index (χ2n) is 8.22. The number of carbonyl (C=O) groups excluding carboxylic acids is 1. The van der Waals surface area contributed by atoms with Crippen molar-refractivity contribution in [2.24, 2.45) is 0 Å². The standard InChI is InChI=1S/C24H42O7/c1-2-3-4-5-6-7-8-9-10-11-12-13-14-15-16-17-20(26)24(30)23(29)22(28)21(27)19(18-25)31-24/h6-7,9-10,19,21-23,25,27-30H,2-5,8,11-18H2,1H3/t19-,21-,22+,23-,24?/m1/s1/i1D. The lowest BCUT2D eigenvalue weighted by Crippen LogP contribution is -2.68. The van der Waals surface area contributed by atoms with Crippen molar-refractivity contribution in [3.63, 3.8) is 0 Å². The Morgan fingerprint density at radius 2 is 1.55 bits per heavy atom. The molecule has 0 bridgehead atoms. The van der Waals surface area contributed by atoms with Crippen LogP contribution >= 0.6 is 0 Å². The number of aliphatic hydroxyl groups excluding tert-OH is 4. The molecule has 1 aliphatic heterocycles. The van der Waals surface area contributed by atoms with Crippen molar-refractivity contribution < 1.29 is 36.4 Å². The van der Waals surface area contributed by atoms with Crippen LogP contribution in [0.15, 0.2) is 24.3 Å². The van der Waals surface area contributed by atoms with Gasteiger partial charge in [-0.05, 0) is 38.5 Å². The van der Waals surface area contributed by atoms with E-state index in [0.29, 0.717) is 13.3 Å². The minimum atomic E-state index is -2.62. The van der Waals surface area contributed by atoms with Crippen molar-refractivity contribution in [1.29, 1.82) is 0 Å². The van der Waals surface area contributed by atoms with Gasteiger partial charge < -0.3 is 30.3 Å². The lowest BCUT2D eigenvalue weighted by Gasteiger charge is -2.44. The van der Waals surface area contributed by atoms with Crippen LogP contribution in [0.1, 0.15) is 85.3 Å². The minimum Gasteiger partial charge on any atom is -0.394 e. The maximum atomic E-state index is 12.4. The highest BCUT2D eigenvalue weighted by atomic mass is 16.7. The Morgan fingerprint density at radius 3 is 2.19 bits per heavy atom. The average molecular weight is 444 g/mol. The summed E-state index contributed by atoms with van der Waals surface area (Å²) in [6.07, 6.45) is 12.7. The Balaban J connectivity index is 2.11. The summed E-state index contributed by atoms with van der Waals surface area (Å²) >= 11 is 0. The largest absolute Gasteiger partial charge is 0.394 e. The summed E-state index contributed by atoms with van der Waals surface area (Å²) in [5, 5.41) is 49.1. The first-order valence-electron chi connectivity index (χ1n) is 12.3. The van der Waals surface area contributed by atoms with Gasteiger partial charge >= 0.3 is 0 Å². The molecule has 0 aromatic carbocycles. The Kier molecular flexibility index (Phi) is 13.2. The van der Waals surface area contributed by atoms with Crippen molar-refractivity contribution in [3.05, 3.63) is 24.3 Å². The summed E-state index contributed by atoms with van der Waals surface area (Å²) < 4.78 is 12.1. The van der Waals surface area contributed by atoms with Crippen molar-refractivity contribution in [2.75, 3.05) is 6.61 Å². The molecular weight excluding hydrogens is 400 g/mol. The fourth-order valence-electron chi connectivity index (χ4n) is 3.59. The van der Waals surface area contributed by atoms with Gasteiger partial charge in [-0.25, -0.2) is 0 Å². The van der Waals surface area contributed by atoms with Crippen LogP contribution < -0.4 is 0 Å². The maximum absolute atomic E-state index is 12.4. The number of unbranched alkanes of at least 4 members (excludes halogenated alkanes) is 8. The summed E-state index contributed by atoms with van der Waals surface area (Å²) in [6, 6.07) is 0. The molecule has 180 valence electrons. The van der Waals surface area contributed by atoms with Gasteiger partial charge in [-0.2, -0.15) is 0 Å². The molecule has 1 fully saturated rings. The lowest BCUT2D eigenvalue weighted by molar-refractivity contribution is -0.331. The topological polar surface area (TPSA) is 127 Å². The van der Waals surface area contributed by atoms with Crippen molar-refractivity contribution in [3.8, 4) is 0 Å². The van der Waals surface area contributed by atoms with Gasteiger partial charge in [-0.3, -0.25) is 4.79 Å². The van der Waals surface area contributed by atoms with Crippen LogP contribution in [-0.4, -0.2) is 68.1 Å². The molecule has 1 heterocycles. The summed E-state index contributed by atoms with van der Waals surface area (Å²) in [5.74, 6) is -3.38. The van der Waals surface area contributed by atoms with Crippen LogP contribution in [0.3, 0.4) is 0 Å². The van der Waals surface area contributed by atoms with E-state index in [1.165, 1.54) is 0 Å². The number of rotatable bonds is 16. The van der Waals surface area contributed by atoms with Gasteiger partial charge in [0.1, 0.15) is 24.4 Å². The molecule has 31 heavy (non-hydrogen) atoms. The molecule has 0 aliphatic carbocycles. The average Bonchev–Trinajstić information content (AvgIpc) is 2.79. The zero-order valence-electron chi connectivity index (χ0n) is 19.6. The first kappa shape index (κ1) is 26.2. The van der Waals surface area contributed by atoms with Gasteiger partial charge in [0.2, 0.25) is 0 Å². The van der Waals surface area contributed by atoms with Crippen LogP contribution in [0.4, 0.5) is 0 Å². The van der Waals surface area contributed by atoms with Gasteiger partial charge in [0.05, 0.1) is 6.61 Å². The molecule has 0 radical (unpaired) electrons. The smallest absolute Gasteiger partial charge is 0.256 e. The van der Waals surface area contributed by atoms with Gasteiger partial charge in [-0.15, -0.1) is 0 Å². The van der Waals surface area contributed by atoms with Crippen LogP contribution in [-0.2, 0) is 9.53 Å². The second-order valence-corrected chi connectivity index (χ2v) is 8.22. The van der Waals surface area contributed by atoms with Crippen LogP contribution in [0.2, 0.25) is 0 Å². The summed E-state index contributed by atoms with van der Waals surface area (Å²) in [6.45, 7) is -0.172. The van der Waals surface area contributed by atoms with E-state index in [1.807, 2.05) is 0 Å². The molecule has 0 saturated carbocycles. The summed E-state index contributed by atoms with van der Waals surface area (Å²) in [4.78, 5) is 12.4. The number of carbonyl (C=O) groups is 1. The van der Waals surface area contributed by atoms with Crippen molar-refractivity contribution in [2.45, 2.75) is 114 Å². The van der Waals surface area contributed by atoms with E-state index in [4.69, 9.17) is 6.11 Å². The molecule has 5 N–H and O–H groups in total. The molecule has 0 spiro atoms. The number of aliphatic hydroxyl groups is 5. The molecule has 7 heteroatoms. The fourth-order valence-corrected chi connectivity index (χ4v) is 3.59. The van der Waals surface area contributed by atoms with Crippen molar-refractivity contribution >= 4 is 5.78 Å². The van der Waals surface area contributed by atoms with E-state index in [9.17, 15) is 30.3 Å². The lowest BCUT2D eigenvalue weighted by atomic mass is 9.88. The molecule has 0 aromatic rings. The van der Waals surface area contributed by atoms with Crippen LogP contribution in [0, 0.1) is 0 Å². The molecule has 1 rings (SSSR count). The Morgan fingerprint density at radius 1 is 0.935 bits per heavy atom. The third kappa shape index (κ3) is 9.51. The molecule has 1 aliphatic rings. The van der Waals surface area contributed by atoms with E-state index in [-0.39, 0.29) is 6.42 Å². The number of Topliss-reactive ketones (excluding diaryl/α,β-unsaturated/α-hetero) is 1. The van der Waals surface area contributed by atoms with E-state index >= 15 is 0 Å². The number of allylic oxidation sites excluding steroid dienone is 4. The maximum Gasteiger partial charge on any atom is 0.256 e. The number of ether oxygens (including phenoxy) is 1. The highest BCUT2D eigenvalue weighted by molar-refractivity contribution is 5.86. The number of hydrogen-bond acceptors (Lipinski definition) is 7. The molecule has 0 amide bonds. The van der Waals surface area contributed by atoms with Gasteiger partial charge in [0.15, 0.2) is 5.78 Å². The predicted molar refractivity (Wildman–Crippen MR) is 119 cm³/mol. The zero-order valence-corrected chi connectivity index (χ0v) is 18.6. The third-order valence-corrected chi connectivity index (χ3v) is 5.62. The third-order valence-electron chi connectivity index (χ3n) is 5.62. The number of ketones is 1. The van der Waals surface area contributed by atoms with Gasteiger partial charge in [0, 0.05) is 7.79 Å². The Labute approximate surface area is 187 Å². The van der Waals surface area contributed by atoms with E-state index in [2.05, 4.69) is 24.3 Å². The normalized spacial score (nSPS) is 29.6. The van der Waals surface area contributed by atoms with E-state index in [1.54, 1.807) is 0 Å². The first-order valence-corrected chi connectivity index (χ1v) is 11.6. The highest BCUT2D eigenvalue weighted by Crippen LogP contribution is 2.30. The van der Waals surface area contributed by atoms with Gasteiger partial charge in [0.25, 0.3) is 5.79 Å². The second kappa shape index (κ2) is 15.7. The van der Waals surface area contributed by atoms with Crippen LogP contribution in [0.5, 0.6) is 0 Å². The Bertz CT molecular complexity index is 567. The summed E-state index contributed by atoms with van der Waals surface area (Å²) in [7, 11) is 0. The molecule has 0 aromatic heterocycles. The Hall–Kier alpha value is -1.09. The van der Waals surface area contributed by atoms with E-state index < -0.39 is 42.6 Å². The quantitative estimate of drug-likeness (QED) is 0.183. The molecule has 5 atom stereocenters. The monoisotopic (exact) mass is 443 g/mol. The van der Waals surface area contributed by atoms with Crippen LogP contribution in [0.25, 0.3) is 0 Å². The molecular formula is C24H42O7. The first-order chi connectivity index (χ1) is 15.4. The van der Waals surface area contributed by atoms with Crippen molar-refractivity contribution in [1.82, 2.24) is 0 Å². The predicted octanol–water partition coefficient (Wildman–Crippen LogP) is 2.53. The minimum absolute atomic E-state index is 0.0239. The zero-order chi connectivity index (χ0) is 23.8. The van der Waals surface area contributed by atoms with Gasteiger partial charge in [-0.1, -0.05) is 63.3 Å².